The van der Waals surface area contributed by atoms with E-state index in [1.807, 2.05) is 62.5 Å². The third kappa shape index (κ3) is 1.91. The molecule has 2 heterocycles. The second-order valence-electron chi connectivity index (χ2n) is 6.83. The predicted molar refractivity (Wildman–Crippen MR) is 91.0 cm³/mol. The van der Waals surface area contributed by atoms with Gasteiger partial charge in [-0.05, 0) is 31.2 Å². The summed E-state index contributed by atoms with van der Waals surface area (Å²) in [6, 6.07) is 15.4. The molecule has 0 aliphatic carbocycles. The lowest BCUT2D eigenvalue weighted by molar-refractivity contribution is -0.581. The summed E-state index contributed by atoms with van der Waals surface area (Å²) in [5.74, 6) is 0.564. The lowest BCUT2D eigenvalue weighted by Gasteiger charge is -2.37. The van der Waals surface area contributed by atoms with E-state index >= 15 is 0 Å². The van der Waals surface area contributed by atoms with Crippen LogP contribution in [-0.4, -0.2) is 35.6 Å². The fraction of sp³-hybridized carbons (Fsp3) is 0.368. The number of hydrogen-bond acceptors (Lipinski definition) is 4. The van der Waals surface area contributed by atoms with Crippen LogP contribution in [-0.2, 0) is 0 Å². The molecule has 2 aromatic carbocycles. The normalized spacial score (nSPS) is 28.8. The van der Waals surface area contributed by atoms with Crippen molar-refractivity contribution in [2.75, 3.05) is 20.2 Å². The molecular formula is C19H20N2O3. The second kappa shape index (κ2) is 5.31. The predicted octanol–water partition coefficient (Wildman–Crippen LogP) is 3.17. The Balaban J connectivity index is 1.91. The molecule has 5 nitrogen and oxygen atoms in total. The number of aryl methyl sites for hydroxylation is 1. The minimum absolute atomic E-state index is 0.102. The highest BCUT2D eigenvalue weighted by molar-refractivity contribution is 5.44. The van der Waals surface area contributed by atoms with Gasteiger partial charge in [0.2, 0.25) is 0 Å². The van der Waals surface area contributed by atoms with E-state index in [1.165, 1.54) is 0 Å². The first-order valence-corrected chi connectivity index (χ1v) is 8.17. The lowest BCUT2D eigenvalue weighted by atomic mass is 9.74. The Labute approximate surface area is 141 Å². The van der Waals surface area contributed by atoms with Gasteiger partial charge < -0.3 is 4.74 Å². The van der Waals surface area contributed by atoms with E-state index in [2.05, 4.69) is 4.90 Å². The molecule has 0 amide bonds. The minimum atomic E-state index is -1.16. The Kier molecular flexibility index (Phi) is 3.35. The van der Waals surface area contributed by atoms with Crippen LogP contribution in [0.15, 0.2) is 48.5 Å². The van der Waals surface area contributed by atoms with Gasteiger partial charge in [-0.2, -0.15) is 0 Å². The van der Waals surface area contributed by atoms with Crippen molar-refractivity contribution >= 4 is 0 Å². The van der Waals surface area contributed by atoms with Crippen molar-refractivity contribution in [2.45, 2.75) is 24.4 Å². The van der Waals surface area contributed by atoms with E-state index in [9.17, 15) is 10.1 Å². The maximum Gasteiger partial charge on any atom is 0.282 e. The first kappa shape index (κ1) is 15.1. The average Bonchev–Trinajstić information content (AvgIpc) is 2.90. The molecule has 2 aromatic rings. The summed E-state index contributed by atoms with van der Waals surface area (Å²) in [6.45, 7) is 2.77. The monoisotopic (exact) mass is 324 g/mol. The van der Waals surface area contributed by atoms with Crippen LogP contribution in [0.5, 0.6) is 5.75 Å². The van der Waals surface area contributed by atoms with Crippen molar-refractivity contribution in [1.82, 2.24) is 4.90 Å². The van der Waals surface area contributed by atoms with E-state index < -0.39 is 5.54 Å². The van der Waals surface area contributed by atoms with E-state index in [1.54, 1.807) is 0 Å². The average molecular weight is 324 g/mol. The van der Waals surface area contributed by atoms with E-state index in [-0.39, 0.29) is 23.5 Å². The Morgan fingerprint density at radius 3 is 2.54 bits per heavy atom. The van der Waals surface area contributed by atoms with Gasteiger partial charge in [-0.15, -0.1) is 0 Å². The summed E-state index contributed by atoms with van der Waals surface area (Å²) in [4.78, 5) is 14.3. The Bertz CT molecular complexity index is 807. The van der Waals surface area contributed by atoms with Gasteiger partial charge >= 0.3 is 0 Å². The van der Waals surface area contributed by atoms with Gasteiger partial charge in [0.05, 0.1) is 5.92 Å². The Hall–Kier alpha value is -2.40. The van der Waals surface area contributed by atoms with Crippen LogP contribution in [0.1, 0.15) is 28.7 Å². The van der Waals surface area contributed by atoms with Crippen LogP contribution in [0.2, 0.25) is 0 Å². The molecule has 4 rings (SSSR count). The third-order valence-electron chi connectivity index (χ3n) is 5.56. The Morgan fingerprint density at radius 2 is 1.83 bits per heavy atom. The van der Waals surface area contributed by atoms with Gasteiger partial charge in [0.25, 0.3) is 5.54 Å². The van der Waals surface area contributed by atoms with Crippen molar-refractivity contribution in [3.63, 3.8) is 0 Å². The number of rotatable bonds is 2. The summed E-state index contributed by atoms with van der Waals surface area (Å²) in [5.41, 5.74) is 1.90. The van der Waals surface area contributed by atoms with Crippen LogP contribution in [0.3, 0.4) is 0 Å². The first-order chi connectivity index (χ1) is 11.6. The molecule has 24 heavy (non-hydrogen) atoms. The number of para-hydroxylation sites is 1. The molecule has 1 fully saturated rings. The zero-order chi connectivity index (χ0) is 16.9. The molecular weight excluding hydrogens is 304 g/mol. The van der Waals surface area contributed by atoms with E-state index in [0.29, 0.717) is 6.54 Å². The highest BCUT2D eigenvalue weighted by atomic mass is 16.6. The number of nitro groups is 1. The van der Waals surface area contributed by atoms with Gasteiger partial charge in [-0.1, -0.05) is 42.5 Å². The molecule has 0 N–H and O–H groups in total. The molecule has 3 unspecified atom stereocenters. The van der Waals surface area contributed by atoms with E-state index in [0.717, 1.165) is 22.4 Å². The number of likely N-dealkylation sites (N-methyl/N-ethyl adjacent to an activating group) is 1. The number of nitrogens with zero attached hydrogens (tertiary/aromatic N) is 2. The smallest absolute Gasteiger partial charge is 0.282 e. The zero-order valence-corrected chi connectivity index (χ0v) is 13.8. The molecule has 3 atom stereocenters. The fourth-order valence-electron chi connectivity index (χ4n) is 4.47. The number of fused-ring (bicyclic) bond motifs is 3. The number of ether oxygens (including phenoxy) is 1. The minimum Gasteiger partial charge on any atom is -0.486 e. The fourth-order valence-corrected chi connectivity index (χ4v) is 4.47. The Morgan fingerprint density at radius 1 is 1.17 bits per heavy atom. The summed E-state index contributed by atoms with van der Waals surface area (Å²) >= 11 is 0. The van der Waals surface area contributed by atoms with Crippen LogP contribution in [0.25, 0.3) is 0 Å². The molecule has 0 radical (unpaired) electrons. The maximum atomic E-state index is 12.3. The van der Waals surface area contributed by atoms with Crippen LogP contribution < -0.4 is 4.74 Å². The summed E-state index contributed by atoms with van der Waals surface area (Å²) in [7, 11) is 1.98. The number of likely N-dealkylation sites (tertiary alicyclic amines) is 1. The molecule has 2 aliphatic rings. The van der Waals surface area contributed by atoms with Crippen molar-refractivity contribution < 1.29 is 9.66 Å². The van der Waals surface area contributed by atoms with Crippen LogP contribution in [0, 0.1) is 17.0 Å². The standard InChI is InChI=1S/C19H20N2O3/c1-13-7-3-4-8-14(13)16-11-20(2)18-15-9-5-6-10-17(15)24-12-19(16,18)21(22)23/h3-10,16,18H,11-12H2,1-2H3. The molecule has 124 valence electrons. The maximum absolute atomic E-state index is 12.3. The molecule has 0 aromatic heterocycles. The molecule has 2 aliphatic heterocycles. The van der Waals surface area contributed by atoms with Gasteiger partial charge in [0.1, 0.15) is 11.8 Å². The summed E-state index contributed by atoms with van der Waals surface area (Å²) in [6.07, 6.45) is 0. The largest absolute Gasteiger partial charge is 0.486 e. The quantitative estimate of drug-likeness (QED) is 0.629. The SMILES string of the molecule is Cc1ccccc1C1CN(C)C2c3ccccc3OCC12[N+](=O)[O-]. The third-order valence-corrected chi connectivity index (χ3v) is 5.56. The molecule has 5 heteroatoms. The summed E-state index contributed by atoms with van der Waals surface area (Å²) in [5, 5.41) is 12.3. The highest BCUT2D eigenvalue weighted by Crippen LogP contribution is 2.54. The topological polar surface area (TPSA) is 55.6 Å². The van der Waals surface area contributed by atoms with Gasteiger partial charge in [0.15, 0.2) is 6.61 Å². The zero-order valence-electron chi connectivity index (χ0n) is 13.8. The molecule has 0 saturated carbocycles. The molecule has 0 spiro atoms. The summed E-state index contributed by atoms with van der Waals surface area (Å²) < 4.78 is 5.87. The molecule has 0 bridgehead atoms. The van der Waals surface area contributed by atoms with Crippen LogP contribution >= 0.6 is 0 Å². The number of benzene rings is 2. The lowest BCUT2D eigenvalue weighted by Crippen LogP contribution is -2.54. The second-order valence-corrected chi connectivity index (χ2v) is 6.83. The van der Waals surface area contributed by atoms with Gasteiger partial charge in [-0.3, -0.25) is 15.0 Å². The van der Waals surface area contributed by atoms with E-state index in [4.69, 9.17) is 4.74 Å². The van der Waals surface area contributed by atoms with Crippen molar-refractivity contribution in [3.8, 4) is 5.75 Å². The van der Waals surface area contributed by atoms with Gasteiger partial charge in [0, 0.05) is 17.0 Å². The van der Waals surface area contributed by atoms with Crippen molar-refractivity contribution in [3.05, 3.63) is 75.3 Å². The van der Waals surface area contributed by atoms with Crippen LogP contribution in [0.4, 0.5) is 0 Å². The van der Waals surface area contributed by atoms with Crippen molar-refractivity contribution in [1.29, 1.82) is 0 Å². The first-order valence-electron chi connectivity index (χ1n) is 8.17. The number of hydrogen-bond donors (Lipinski definition) is 0. The highest BCUT2D eigenvalue weighted by Gasteiger charge is 2.66. The molecule has 1 saturated heterocycles. The van der Waals surface area contributed by atoms with Crippen molar-refractivity contribution in [2.24, 2.45) is 0 Å². The van der Waals surface area contributed by atoms with Gasteiger partial charge in [-0.25, -0.2) is 0 Å².